The average molecular weight is 338 g/mol. The second-order valence-corrected chi connectivity index (χ2v) is 5.13. The number of rotatable bonds is 4. The number of benzene rings is 1. The van der Waals surface area contributed by atoms with Gasteiger partial charge in [0.05, 0.1) is 22.9 Å². The molecule has 6 nitrogen and oxygen atoms in total. The number of nitro benzene ring substituents is 1. The second kappa shape index (κ2) is 5.98. The molecule has 0 bridgehead atoms. The molecule has 7 heteroatoms. The molecule has 0 radical (unpaired) electrons. The Morgan fingerprint density at radius 1 is 1.35 bits per heavy atom. The molecule has 1 aromatic carbocycles. The molecule has 0 saturated carbocycles. The smallest absolute Gasteiger partial charge is 0.274 e. The van der Waals surface area contributed by atoms with Crippen LogP contribution < -0.4 is 10.5 Å². The summed E-state index contributed by atoms with van der Waals surface area (Å²) in [5, 5.41) is 10.8. The Kier molecular flexibility index (Phi) is 4.31. The molecule has 2 aromatic rings. The quantitative estimate of drug-likeness (QED) is 0.680. The lowest BCUT2D eigenvalue weighted by Crippen LogP contribution is -2.06. The van der Waals surface area contributed by atoms with Crippen molar-refractivity contribution < 1.29 is 9.66 Å². The standard InChI is InChI=1S/C13H12BrN3O3/c1-8(15)13-3-2-11(7-16-13)20-12-5-9(14)4-10(6-12)17(18)19/h2-8H,15H2,1H3/t8-/m1/s1. The summed E-state index contributed by atoms with van der Waals surface area (Å²) < 4.78 is 6.12. The molecule has 0 amide bonds. The van der Waals surface area contributed by atoms with Crippen molar-refractivity contribution in [3.63, 3.8) is 0 Å². The minimum Gasteiger partial charge on any atom is -0.455 e. The fraction of sp³-hybridized carbons (Fsp3) is 0.154. The first-order valence-corrected chi connectivity index (χ1v) is 6.59. The van der Waals surface area contributed by atoms with Gasteiger partial charge in [-0.3, -0.25) is 15.1 Å². The van der Waals surface area contributed by atoms with Gasteiger partial charge in [-0.25, -0.2) is 0 Å². The van der Waals surface area contributed by atoms with E-state index in [0.717, 1.165) is 5.69 Å². The molecule has 2 rings (SSSR count). The van der Waals surface area contributed by atoms with Gasteiger partial charge in [-0.05, 0) is 25.1 Å². The van der Waals surface area contributed by atoms with Crippen molar-refractivity contribution >= 4 is 21.6 Å². The van der Waals surface area contributed by atoms with E-state index in [2.05, 4.69) is 20.9 Å². The zero-order valence-corrected chi connectivity index (χ0v) is 12.2. The predicted molar refractivity (Wildman–Crippen MR) is 77.7 cm³/mol. The molecule has 0 fully saturated rings. The minimum absolute atomic E-state index is 0.0467. The Bertz CT molecular complexity index is 629. The van der Waals surface area contributed by atoms with E-state index in [1.165, 1.54) is 18.3 Å². The fourth-order valence-corrected chi connectivity index (χ4v) is 2.03. The molecule has 20 heavy (non-hydrogen) atoms. The molecule has 0 aliphatic rings. The summed E-state index contributed by atoms with van der Waals surface area (Å²) in [6, 6.07) is 7.72. The lowest BCUT2D eigenvalue weighted by Gasteiger charge is -2.08. The van der Waals surface area contributed by atoms with Gasteiger partial charge in [0.2, 0.25) is 0 Å². The first kappa shape index (κ1) is 14.4. The highest BCUT2D eigenvalue weighted by atomic mass is 79.9. The third kappa shape index (κ3) is 3.52. The van der Waals surface area contributed by atoms with E-state index in [9.17, 15) is 10.1 Å². The summed E-state index contributed by atoms with van der Waals surface area (Å²) in [6.07, 6.45) is 1.53. The molecule has 2 N–H and O–H groups in total. The highest BCUT2D eigenvalue weighted by Crippen LogP contribution is 2.29. The first-order valence-electron chi connectivity index (χ1n) is 5.80. The molecule has 1 heterocycles. The van der Waals surface area contributed by atoms with Gasteiger partial charge in [-0.2, -0.15) is 0 Å². The summed E-state index contributed by atoms with van der Waals surface area (Å²) in [4.78, 5) is 14.5. The highest BCUT2D eigenvalue weighted by molar-refractivity contribution is 9.10. The number of nitro groups is 1. The van der Waals surface area contributed by atoms with Gasteiger partial charge in [0.15, 0.2) is 0 Å². The summed E-state index contributed by atoms with van der Waals surface area (Å²) >= 11 is 3.21. The number of halogens is 1. The maximum Gasteiger partial charge on any atom is 0.274 e. The van der Waals surface area contributed by atoms with Gasteiger partial charge in [-0.15, -0.1) is 0 Å². The Balaban J connectivity index is 2.23. The maximum atomic E-state index is 10.8. The average Bonchev–Trinajstić information content (AvgIpc) is 2.38. The van der Waals surface area contributed by atoms with Crippen molar-refractivity contribution in [1.82, 2.24) is 4.98 Å². The Labute approximate surface area is 123 Å². The van der Waals surface area contributed by atoms with E-state index in [1.54, 1.807) is 18.2 Å². The number of nitrogens with zero attached hydrogens (tertiary/aromatic N) is 2. The summed E-state index contributed by atoms with van der Waals surface area (Å²) in [7, 11) is 0. The Morgan fingerprint density at radius 3 is 2.65 bits per heavy atom. The van der Waals surface area contributed by atoms with Crippen molar-refractivity contribution in [1.29, 1.82) is 0 Å². The largest absolute Gasteiger partial charge is 0.455 e. The number of nitrogens with two attached hydrogens (primary N) is 1. The number of non-ortho nitro benzene ring substituents is 1. The molecule has 1 aromatic heterocycles. The van der Waals surface area contributed by atoms with Crippen LogP contribution in [-0.4, -0.2) is 9.91 Å². The molecule has 0 aliphatic carbocycles. The van der Waals surface area contributed by atoms with Gasteiger partial charge >= 0.3 is 0 Å². The van der Waals surface area contributed by atoms with E-state index in [0.29, 0.717) is 16.0 Å². The summed E-state index contributed by atoms with van der Waals surface area (Å²) in [6.45, 7) is 1.83. The van der Waals surface area contributed by atoms with Crippen molar-refractivity contribution in [2.45, 2.75) is 13.0 Å². The third-order valence-corrected chi connectivity index (χ3v) is 2.99. The van der Waals surface area contributed by atoms with E-state index in [1.807, 2.05) is 6.92 Å². The normalized spacial score (nSPS) is 11.9. The second-order valence-electron chi connectivity index (χ2n) is 4.21. The van der Waals surface area contributed by atoms with Crippen LogP contribution in [-0.2, 0) is 0 Å². The van der Waals surface area contributed by atoms with Crippen LogP contribution in [0.4, 0.5) is 5.69 Å². The van der Waals surface area contributed by atoms with Crippen LogP contribution in [0.5, 0.6) is 11.5 Å². The van der Waals surface area contributed by atoms with Crippen LogP contribution in [0.2, 0.25) is 0 Å². The lowest BCUT2D eigenvalue weighted by molar-refractivity contribution is -0.385. The SMILES string of the molecule is C[C@@H](N)c1ccc(Oc2cc(Br)cc([N+](=O)[O-])c2)cn1. The van der Waals surface area contributed by atoms with Crippen LogP contribution >= 0.6 is 15.9 Å². The van der Waals surface area contributed by atoms with E-state index in [-0.39, 0.29) is 11.7 Å². The van der Waals surface area contributed by atoms with Crippen molar-refractivity contribution in [3.8, 4) is 11.5 Å². The first-order chi connectivity index (χ1) is 9.45. The number of aromatic nitrogens is 1. The van der Waals surface area contributed by atoms with E-state index >= 15 is 0 Å². The molecule has 0 aliphatic heterocycles. The zero-order chi connectivity index (χ0) is 14.7. The fourth-order valence-electron chi connectivity index (χ4n) is 1.57. The molecule has 104 valence electrons. The molecular weight excluding hydrogens is 326 g/mol. The van der Waals surface area contributed by atoms with Crippen LogP contribution in [0.3, 0.4) is 0 Å². The molecule has 0 spiro atoms. The number of ether oxygens (including phenoxy) is 1. The lowest BCUT2D eigenvalue weighted by atomic mass is 10.2. The zero-order valence-electron chi connectivity index (χ0n) is 10.6. The Morgan fingerprint density at radius 2 is 2.10 bits per heavy atom. The van der Waals surface area contributed by atoms with Gasteiger partial charge in [-0.1, -0.05) is 15.9 Å². The van der Waals surface area contributed by atoms with Crippen LogP contribution in [0, 0.1) is 10.1 Å². The maximum absolute atomic E-state index is 10.8. The summed E-state index contributed by atoms with van der Waals surface area (Å²) in [5.41, 5.74) is 6.41. The van der Waals surface area contributed by atoms with Crippen molar-refractivity contribution in [3.05, 3.63) is 56.8 Å². The van der Waals surface area contributed by atoms with E-state index in [4.69, 9.17) is 10.5 Å². The molecule has 1 atom stereocenters. The highest BCUT2D eigenvalue weighted by Gasteiger charge is 2.10. The predicted octanol–water partition coefficient (Wildman–Crippen LogP) is 3.56. The molecule has 0 saturated heterocycles. The molecule has 0 unspecified atom stereocenters. The van der Waals surface area contributed by atoms with Gasteiger partial charge < -0.3 is 10.5 Å². The number of pyridine rings is 1. The monoisotopic (exact) mass is 337 g/mol. The molecular formula is C13H12BrN3O3. The van der Waals surface area contributed by atoms with Gasteiger partial charge in [0.25, 0.3) is 5.69 Å². The number of hydrogen-bond acceptors (Lipinski definition) is 5. The van der Waals surface area contributed by atoms with Crippen LogP contribution in [0.1, 0.15) is 18.7 Å². The van der Waals surface area contributed by atoms with Gasteiger partial charge in [0, 0.05) is 16.6 Å². The van der Waals surface area contributed by atoms with Crippen molar-refractivity contribution in [2.24, 2.45) is 5.73 Å². The Hall–Kier alpha value is -1.99. The number of hydrogen-bond donors (Lipinski definition) is 1. The van der Waals surface area contributed by atoms with E-state index < -0.39 is 4.92 Å². The van der Waals surface area contributed by atoms with Crippen LogP contribution in [0.15, 0.2) is 41.0 Å². The van der Waals surface area contributed by atoms with Crippen LogP contribution in [0.25, 0.3) is 0 Å². The topological polar surface area (TPSA) is 91.3 Å². The van der Waals surface area contributed by atoms with Crippen molar-refractivity contribution in [2.75, 3.05) is 0 Å². The minimum atomic E-state index is -0.477. The third-order valence-electron chi connectivity index (χ3n) is 2.53. The summed E-state index contributed by atoms with van der Waals surface area (Å²) in [5.74, 6) is 0.850. The van der Waals surface area contributed by atoms with Gasteiger partial charge in [0.1, 0.15) is 11.5 Å².